The van der Waals surface area contributed by atoms with Crippen molar-refractivity contribution in [2.24, 2.45) is 11.7 Å². The molecule has 0 radical (unpaired) electrons. The third kappa shape index (κ3) is 3.34. The Morgan fingerprint density at radius 2 is 2.16 bits per heavy atom. The lowest BCUT2D eigenvalue weighted by molar-refractivity contribution is -0.175. The van der Waals surface area contributed by atoms with Crippen LogP contribution < -0.4 is 10.6 Å². The van der Waals surface area contributed by atoms with Gasteiger partial charge >= 0.3 is 6.18 Å². The van der Waals surface area contributed by atoms with Crippen molar-refractivity contribution in [1.29, 1.82) is 0 Å². The molecule has 1 aromatic heterocycles. The highest BCUT2D eigenvalue weighted by Gasteiger charge is 2.41. The number of nitrogens with zero attached hydrogens (tertiary/aromatic N) is 2. The third-order valence-corrected chi connectivity index (χ3v) is 3.46. The number of alkyl halides is 3. The molecule has 1 aliphatic rings. The van der Waals surface area contributed by atoms with Crippen molar-refractivity contribution in [3.63, 3.8) is 0 Å². The number of piperidine rings is 1. The van der Waals surface area contributed by atoms with Gasteiger partial charge < -0.3 is 10.6 Å². The van der Waals surface area contributed by atoms with Gasteiger partial charge in [0.2, 0.25) is 0 Å². The normalized spacial score (nSPS) is 20.4. The van der Waals surface area contributed by atoms with Crippen LogP contribution in [0.1, 0.15) is 18.5 Å². The molecule has 0 aliphatic carbocycles. The number of anilines is 1. The predicted molar refractivity (Wildman–Crippen MR) is 71.1 cm³/mol. The van der Waals surface area contributed by atoms with Crippen LogP contribution in [0.4, 0.5) is 18.9 Å². The molecular formula is C12H14F3N3S. The molecule has 2 N–H and O–H groups in total. The first-order chi connectivity index (χ1) is 8.88. The zero-order valence-electron chi connectivity index (χ0n) is 10.2. The van der Waals surface area contributed by atoms with E-state index >= 15 is 0 Å². The summed E-state index contributed by atoms with van der Waals surface area (Å²) in [4.78, 5) is 5.94. The lowest BCUT2D eigenvalue weighted by Crippen LogP contribution is -2.41. The lowest BCUT2D eigenvalue weighted by Gasteiger charge is -2.35. The molecule has 1 saturated heterocycles. The van der Waals surface area contributed by atoms with Crippen LogP contribution in [-0.2, 0) is 0 Å². The van der Waals surface area contributed by atoms with E-state index in [0.29, 0.717) is 24.3 Å². The highest BCUT2D eigenvalue weighted by atomic mass is 32.1. The number of hydrogen-bond acceptors (Lipinski definition) is 3. The fraction of sp³-hybridized carbons (Fsp3) is 0.500. The largest absolute Gasteiger partial charge is 0.393 e. The van der Waals surface area contributed by atoms with Crippen molar-refractivity contribution < 1.29 is 13.2 Å². The summed E-state index contributed by atoms with van der Waals surface area (Å²) in [5.74, 6) is -1.27. The molecule has 7 heteroatoms. The van der Waals surface area contributed by atoms with E-state index in [1.54, 1.807) is 17.0 Å². The fourth-order valence-corrected chi connectivity index (χ4v) is 2.32. The van der Waals surface area contributed by atoms with E-state index in [4.69, 9.17) is 18.0 Å². The zero-order chi connectivity index (χ0) is 14.0. The molecule has 0 spiro atoms. The first-order valence-corrected chi connectivity index (χ1v) is 6.36. The molecule has 1 fully saturated rings. The summed E-state index contributed by atoms with van der Waals surface area (Å²) >= 11 is 4.78. The molecule has 0 saturated carbocycles. The standard InChI is InChI=1S/C12H14F3N3S/c13-12(14,15)8-2-1-5-18(7-8)9-3-4-10(11(16)19)17-6-9/h3-4,6,8H,1-2,5,7H2,(H2,16,19). The Morgan fingerprint density at radius 3 is 2.68 bits per heavy atom. The van der Waals surface area contributed by atoms with E-state index in [2.05, 4.69) is 4.98 Å². The van der Waals surface area contributed by atoms with Crippen LogP contribution >= 0.6 is 12.2 Å². The number of aromatic nitrogens is 1. The highest BCUT2D eigenvalue weighted by Crippen LogP contribution is 2.34. The second kappa shape index (κ2) is 5.32. The summed E-state index contributed by atoms with van der Waals surface area (Å²) < 4.78 is 38.2. The summed E-state index contributed by atoms with van der Waals surface area (Å²) in [6, 6.07) is 3.34. The Hall–Kier alpha value is -1.37. The average Bonchev–Trinajstić information content (AvgIpc) is 2.38. The van der Waals surface area contributed by atoms with Gasteiger partial charge in [0.1, 0.15) is 4.99 Å². The van der Waals surface area contributed by atoms with Gasteiger partial charge in [0.05, 0.1) is 23.5 Å². The van der Waals surface area contributed by atoms with Crippen LogP contribution in [0.15, 0.2) is 18.3 Å². The molecule has 19 heavy (non-hydrogen) atoms. The van der Waals surface area contributed by atoms with E-state index in [-0.39, 0.29) is 18.0 Å². The van der Waals surface area contributed by atoms with Gasteiger partial charge in [-0.15, -0.1) is 0 Å². The number of rotatable bonds is 2. The first kappa shape index (κ1) is 14.0. The van der Waals surface area contributed by atoms with Gasteiger partial charge in [-0.2, -0.15) is 13.2 Å². The van der Waals surface area contributed by atoms with Gasteiger partial charge in [0, 0.05) is 13.1 Å². The van der Waals surface area contributed by atoms with Crippen LogP contribution in [0.2, 0.25) is 0 Å². The Bertz CT molecular complexity index is 458. The predicted octanol–water partition coefficient (Wildman–Crippen LogP) is 2.49. The van der Waals surface area contributed by atoms with Crippen molar-refractivity contribution in [3.05, 3.63) is 24.0 Å². The number of halogens is 3. The van der Waals surface area contributed by atoms with Gasteiger partial charge in [-0.25, -0.2) is 0 Å². The lowest BCUT2D eigenvalue weighted by atomic mass is 9.97. The average molecular weight is 289 g/mol. The van der Waals surface area contributed by atoms with Gasteiger partial charge in [-0.05, 0) is 25.0 Å². The molecule has 0 amide bonds. The minimum Gasteiger partial charge on any atom is -0.388 e. The molecule has 0 aromatic carbocycles. The smallest absolute Gasteiger partial charge is 0.388 e. The van der Waals surface area contributed by atoms with Crippen molar-refractivity contribution in [1.82, 2.24) is 4.98 Å². The molecule has 1 aromatic rings. The van der Waals surface area contributed by atoms with Crippen LogP contribution in [0, 0.1) is 5.92 Å². The number of hydrogen-bond donors (Lipinski definition) is 1. The third-order valence-electron chi connectivity index (χ3n) is 3.25. The zero-order valence-corrected chi connectivity index (χ0v) is 11.0. The summed E-state index contributed by atoms with van der Waals surface area (Å²) in [5, 5.41) is 0. The molecular weight excluding hydrogens is 275 g/mol. The first-order valence-electron chi connectivity index (χ1n) is 5.95. The molecule has 104 valence electrons. The number of pyridine rings is 1. The molecule has 2 rings (SSSR count). The quantitative estimate of drug-likeness (QED) is 0.849. The second-order valence-corrected chi connectivity index (χ2v) is 5.03. The van der Waals surface area contributed by atoms with Gasteiger partial charge in [0.25, 0.3) is 0 Å². The Labute approximate surface area is 114 Å². The van der Waals surface area contributed by atoms with Gasteiger partial charge in [-0.3, -0.25) is 4.98 Å². The topological polar surface area (TPSA) is 42.1 Å². The number of thiocarbonyl (C=S) groups is 1. The maximum atomic E-state index is 12.7. The van der Waals surface area contributed by atoms with E-state index in [1.807, 2.05) is 0 Å². The monoisotopic (exact) mass is 289 g/mol. The minimum atomic E-state index is -4.13. The van der Waals surface area contributed by atoms with Crippen molar-refractivity contribution >= 4 is 22.9 Å². The highest BCUT2D eigenvalue weighted by molar-refractivity contribution is 7.80. The Morgan fingerprint density at radius 1 is 1.42 bits per heavy atom. The summed E-state index contributed by atoms with van der Waals surface area (Å²) in [5.41, 5.74) is 6.58. The van der Waals surface area contributed by atoms with Crippen molar-refractivity contribution in [2.45, 2.75) is 19.0 Å². The summed E-state index contributed by atoms with van der Waals surface area (Å²) in [6.45, 7) is 0.596. The summed E-state index contributed by atoms with van der Waals surface area (Å²) in [6.07, 6.45) is -1.89. The van der Waals surface area contributed by atoms with E-state index < -0.39 is 12.1 Å². The van der Waals surface area contributed by atoms with Crippen molar-refractivity contribution in [3.8, 4) is 0 Å². The van der Waals surface area contributed by atoms with E-state index in [0.717, 1.165) is 0 Å². The molecule has 1 unspecified atom stereocenters. The van der Waals surface area contributed by atoms with E-state index in [1.165, 1.54) is 6.20 Å². The van der Waals surface area contributed by atoms with Crippen LogP contribution in [-0.4, -0.2) is 29.2 Å². The fourth-order valence-electron chi connectivity index (χ4n) is 2.20. The second-order valence-electron chi connectivity index (χ2n) is 4.59. The minimum absolute atomic E-state index is 0.0163. The SMILES string of the molecule is NC(=S)c1ccc(N2CCCC(C(F)(F)F)C2)cn1. The van der Waals surface area contributed by atoms with Crippen LogP contribution in [0.3, 0.4) is 0 Å². The van der Waals surface area contributed by atoms with Gasteiger partial charge in [-0.1, -0.05) is 12.2 Å². The summed E-state index contributed by atoms with van der Waals surface area (Å²) in [7, 11) is 0. The Balaban J connectivity index is 2.11. The van der Waals surface area contributed by atoms with Crippen LogP contribution in [0.5, 0.6) is 0 Å². The van der Waals surface area contributed by atoms with Gasteiger partial charge in [0.15, 0.2) is 0 Å². The molecule has 1 aliphatic heterocycles. The molecule has 2 heterocycles. The molecule has 0 bridgehead atoms. The van der Waals surface area contributed by atoms with E-state index in [9.17, 15) is 13.2 Å². The van der Waals surface area contributed by atoms with Crippen LogP contribution in [0.25, 0.3) is 0 Å². The molecule has 3 nitrogen and oxygen atoms in total. The Kier molecular flexibility index (Phi) is 3.93. The molecule has 1 atom stereocenters. The maximum Gasteiger partial charge on any atom is 0.393 e. The number of nitrogens with two attached hydrogens (primary N) is 1. The maximum absolute atomic E-state index is 12.7. The van der Waals surface area contributed by atoms with Crippen molar-refractivity contribution in [2.75, 3.05) is 18.0 Å².